The first-order chi connectivity index (χ1) is 8.20. The van der Waals surface area contributed by atoms with Gasteiger partial charge in [0, 0.05) is 25.6 Å². The van der Waals surface area contributed by atoms with E-state index in [1.165, 1.54) is 25.7 Å². The molecule has 98 valence electrons. The number of carbonyl (C=O) groups excluding carboxylic acids is 1. The van der Waals surface area contributed by atoms with Crippen LogP contribution >= 0.6 is 0 Å². The maximum atomic E-state index is 12.3. The molecule has 2 fully saturated rings. The zero-order valence-corrected chi connectivity index (χ0v) is 11.0. The third kappa shape index (κ3) is 3.21. The standard InChI is InChI=1S/C14H26N2O/c1-11-5-6-12(8-11)9-14(17)16-7-3-2-4-13(16)10-15/h11-13H,2-10,15H2,1H3. The largest absolute Gasteiger partial charge is 0.338 e. The first-order valence-electron chi connectivity index (χ1n) is 7.20. The second-order valence-electron chi connectivity index (χ2n) is 5.96. The van der Waals surface area contributed by atoms with Gasteiger partial charge in [0.1, 0.15) is 0 Å². The van der Waals surface area contributed by atoms with E-state index in [2.05, 4.69) is 11.8 Å². The Hall–Kier alpha value is -0.570. The summed E-state index contributed by atoms with van der Waals surface area (Å²) in [6.07, 6.45) is 8.04. The summed E-state index contributed by atoms with van der Waals surface area (Å²) in [6.45, 7) is 3.86. The van der Waals surface area contributed by atoms with Crippen LogP contribution in [0.2, 0.25) is 0 Å². The lowest BCUT2D eigenvalue weighted by molar-refractivity contribution is -0.135. The number of rotatable bonds is 3. The molecule has 0 aromatic heterocycles. The van der Waals surface area contributed by atoms with Gasteiger partial charge in [-0.3, -0.25) is 4.79 Å². The molecule has 0 aromatic rings. The zero-order chi connectivity index (χ0) is 12.3. The Morgan fingerprint density at radius 1 is 1.29 bits per heavy atom. The first-order valence-corrected chi connectivity index (χ1v) is 7.20. The predicted molar refractivity (Wildman–Crippen MR) is 69.5 cm³/mol. The van der Waals surface area contributed by atoms with Crippen LogP contribution in [0.5, 0.6) is 0 Å². The summed E-state index contributed by atoms with van der Waals surface area (Å²) in [5.74, 6) is 1.82. The van der Waals surface area contributed by atoms with Crippen LogP contribution in [0.4, 0.5) is 0 Å². The quantitative estimate of drug-likeness (QED) is 0.819. The van der Waals surface area contributed by atoms with Gasteiger partial charge in [-0.25, -0.2) is 0 Å². The van der Waals surface area contributed by atoms with Gasteiger partial charge in [0.25, 0.3) is 0 Å². The van der Waals surface area contributed by atoms with E-state index in [9.17, 15) is 4.79 Å². The number of hydrogen-bond acceptors (Lipinski definition) is 2. The highest BCUT2D eigenvalue weighted by molar-refractivity contribution is 5.77. The van der Waals surface area contributed by atoms with Gasteiger partial charge >= 0.3 is 0 Å². The summed E-state index contributed by atoms with van der Waals surface area (Å²) in [6, 6.07) is 0.315. The number of amides is 1. The van der Waals surface area contributed by atoms with E-state index in [1.807, 2.05) is 0 Å². The Balaban J connectivity index is 1.85. The molecule has 3 atom stereocenters. The van der Waals surface area contributed by atoms with Crippen molar-refractivity contribution in [3.05, 3.63) is 0 Å². The highest BCUT2D eigenvalue weighted by Gasteiger charge is 2.29. The fraction of sp³-hybridized carbons (Fsp3) is 0.929. The smallest absolute Gasteiger partial charge is 0.223 e. The molecule has 1 aliphatic heterocycles. The molecule has 1 heterocycles. The molecule has 1 saturated heterocycles. The second-order valence-corrected chi connectivity index (χ2v) is 5.96. The second kappa shape index (κ2) is 5.85. The average molecular weight is 238 g/mol. The number of nitrogens with two attached hydrogens (primary N) is 1. The van der Waals surface area contributed by atoms with Crippen LogP contribution in [-0.2, 0) is 4.79 Å². The molecule has 0 aromatic carbocycles. The Morgan fingerprint density at radius 2 is 2.12 bits per heavy atom. The van der Waals surface area contributed by atoms with Gasteiger partial charge < -0.3 is 10.6 Å². The van der Waals surface area contributed by atoms with Gasteiger partial charge in [-0.15, -0.1) is 0 Å². The number of carbonyl (C=O) groups is 1. The zero-order valence-electron chi connectivity index (χ0n) is 11.0. The molecule has 3 nitrogen and oxygen atoms in total. The molecule has 3 unspecified atom stereocenters. The van der Waals surface area contributed by atoms with Crippen LogP contribution in [0.1, 0.15) is 51.9 Å². The molecule has 1 saturated carbocycles. The molecule has 1 amide bonds. The van der Waals surface area contributed by atoms with E-state index in [-0.39, 0.29) is 0 Å². The normalized spacial score (nSPS) is 34.0. The summed E-state index contributed by atoms with van der Waals surface area (Å²) in [4.78, 5) is 14.4. The van der Waals surface area contributed by atoms with Crippen molar-refractivity contribution in [2.45, 2.75) is 57.9 Å². The number of piperidine rings is 1. The summed E-state index contributed by atoms with van der Waals surface area (Å²) >= 11 is 0. The van der Waals surface area contributed by atoms with E-state index in [1.54, 1.807) is 0 Å². The Bertz CT molecular complexity index is 267. The van der Waals surface area contributed by atoms with Crippen LogP contribution in [0.15, 0.2) is 0 Å². The van der Waals surface area contributed by atoms with Crippen LogP contribution in [0, 0.1) is 11.8 Å². The monoisotopic (exact) mass is 238 g/mol. The summed E-state index contributed by atoms with van der Waals surface area (Å²) in [5, 5.41) is 0. The fourth-order valence-electron chi connectivity index (χ4n) is 3.45. The molecule has 3 heteroatoms. The average Bonchev–Trinajstić information content (AvgIpc) is 2.74. The van der Waals surface area contributed by atoms with E-state index < -0.39 is 0 Å². The Labute approximate surface area is 105 Å². The minimum absolute atomic E-state index is 0.315. The maximum Gasteiger partial charge on any atom is 0.223 e. The molecule has 2 rings (SSSR count). The fourth-order valence-corrected chi connectivity index (χ4v) is 3.45. The topological polar surface area (TPSA) is 46.3 Å². The van der Waals surface area contributed by atoms with E-state index in [4.69, 9.17) is 5.73 Å². The molecule has 0 bridgehead atoms. The number of hydrogen-bond donors (Lipinski definition) is 1. The van der Waals surface area contributed by atoms with Gasteiger partial charge in [-0.2, -0.15) is 0 Å². The van der Waals surface area contributed by atoms with E-state index in [0.29, 0.717) is 24.4 Å². The van der Waals surface area contributed by atoms with Crippen LogP contribution < -0.4 is 5.73 Å². The number of nitrogens with zero attached hydrogens (tertiary/aromatic N) is 1. The highest BCUT2D eigenvalue weighted by atomic mass is 16.2. The Kier molecular flexibility index (Phi) is 4.43. The van der Waals surface area contributed by atoms with E-state index in [0.717, 1.165) is 31.7 Å². The van der Waals surface area contributed by atoms with Crippen molar-refractivity contribution in [3.8, 4) is 0 Å². The molecule has 0 radical (unpaired) electrons. The third-order valence-electron chi connectivity index (χ3n) is 4.49. The Morgan fingerprint density at radius 3 is 2.76 bits per heavy atom. The minimum Gasteiger partial charge on any atom is -0.338 e. The molecular weight excluding hydrogens is 212 g/mol. The third-order valence-corrected chi connectivity index (χ3v) is 4.49. The molecule has 2 N–H and O–H groups in total. The van der Waals surface area contributed by atoms with Gasteiger partial charge in [-0.05, 0) is 43.9 Å². The lowest BCUT2D eigenvalue weighted by Crippen LogP contribution is -2.47. The lowest BCUT2D eigenvalue weighted by atomic mass is 9.98. The highest BCUT2D eigenvalue weighted by Crippen LogP contribution is 2.33. The van der Waals surface area contributed by atoms with Crippen molar-refractivity contribution in [3.63, 3.8) is 0 Å². The lowest BCUT2D eigenvalue weighted by Gasteiger charge is -2.35. The van der Waals surface area contributed by atoms with Crippen molar-refractivity contribution in [1.82, 2.24) is 4.90 Å². The van der Waals surface area contributed by atoms with Crippen molar-refractivity contribution in [2.75, 3.05) is 13.1 Å². The minimum atomic E-state index is 0.315. The first kappa shape index (κ1) is 12.9. The molecule has 17 heavy (non-hydrogen) atoms. The van der Waals surface area contributed by atoms with Crippen molar-refractivity contribution in [2.24, 2.45) is 17.6 Å². The van der Waals surface area contributed by atoms with Gasteiger partial charge in [0.2, 0.25) is 5.91 Å². The molecule has 1 aliphatic carbocycles. The van der Waals surface area contributed by atoms with Gasteiger partial charge in [0.15, 0.2) is 0 Å². The SMILES string of the molecule is CC1CCC(CC(=O)N2CCCCC2CN)C1. The van der Waals surface area contributed by atoms with Crippen molar-refractivity contribution >= 4 is 5.91 Å². The summed E-state index contributed by atoms with van der Waals surface area (Å²) in [7, 11) is 0. The molecule has 2 aliphatic rings. The number of likely N-dealkylation sites (tertiary alicyclic amines) is 1. The van der Waals surface area contributed by atoms with Crippen LogP contribution in [-0.4, -0.2) is 29.9 Å². The van der Waals surface area contributed by atoms with Crippen molar-refractivity contribution < 1.29 is 4.79 Å². The van der Waals surface area contributed by atoms with Gasteiger partial charge in [-0.1, -0.05) is 13.3 Å². The maximum absolute atomic E-state index is 12.3. The van der Waals surface area contributed by atoms with E-state index >= 15 is 0 Å². The van der Waals surface area contributed by atoms with Crippen LogP contribution in [0.3, 0.4) is 0 Å². The summed E-state index contributed by atoms with van der Waals surface area (Å²) < 4.78 is 0. The van der Waals surface area contributed by atoms with Crippen molar-refractivity contribution in [1.29, 1.82) is 0 Å². The molecule has 0 spiro atoms. The summed E-state index contributed by atoms with van der Waals surface area (Å²) in [5.41, 5.74) is 5.77. The van der Waals surface area contributed by atoms with Gasteiger partial charge in [0.05, 0.1) is 0 Å². The predicted octanol–water partition coefficient (Wildman–Crippen LogP) is 2.15. The van der Waals surface area contributed by atoms with Crippen LogP contribution in [0.25, 0.3) is 0 Å². The molecular formula is C14H26N2O.